The van der Waals surface area contributed by atoms with Crippen molar-refractivity contribution in [1.82, 2.24) is 4.57 Å². The van der Waals surface area contributed by atoms with Crippen molar-refractivity contribution < 1.29 is 24.4 Å². The summed E-state index contributed by atoms with van der Waals surface area (Å²) in [5.41, 5.74) is 5.08. The van der Waals surface area contributed by atoms with Crippen LogP contribution in [0.1, 0.15) is 10.4 Å². The van der Waals surface area contributed by atoms with Gasteiger partial charge in [0.1, 0.15) is 11.3 Å². The number of primary amides is 1. The third kappa shape index (κ3) is 3.11. The Hall–Kier alpha value is -4.08. The van der Waals surface area contributed by atoms with Crippen molar-refractivity contribution in [2.75, 3.05) is 12.4 Å². The molecule has 10 heteroatoms. The summed E-state index contributed by atoms with van der Waals surface area (Å²) in [5.74, 6) is -0.825. The number of nitrogens with two attached hydrogens (primary N) is 1. The summed E-state index contributed by atoms with van der Waals surface area (Å²) >= 11 is 0. The number of aromatic nitrogens is 1. The van der Waals surface area contributed by atoms with Gasteiger partial charge in [-0.3, -0.25) is 14.9 Å². The molecule has 0 aliphatic rings. The smallest absolute Gasteiger partial charge is 0.326 e. The first-order valence-electron chi connectivity index (χ1n) is 7.60. The standard InChI is InChI=1S/C17H14N4O6/c1-27-11-5-2-9(3-6-11)19-15(22)14-12-7-4-10(21(25)26)8-13(12)20(16(14)23)17(18)24/h2-8,23H,1H3,(H2,18,24)(H,19,22). The molecule has 3 aromatic rings. The highest BCUT2D eigenvalue weighted by atomic mass is 16.6. The molecular weight excluding hydrogens is 356 g/mol. The predicted molar refractivity (Wildman–Crippen MR) is 96.2 cm³/mol. The quantitative estimate of drug-likeness (QED) is 0.474. The van der Waals surface area contributed by atoms with E-state index in [1.165, 1.54) is 13.2 Å². The van der Waals surface area contributed by atoms with Crippen LogP contribution in [0.15, 0.2) is 42.5 Å². The maximum atomic E-state index is 12.7. The number of anilines is 1. The monoisotopic (exact) mass is 370 g/mol. The van der Waals surface area contributed by atoms with E-state index in [9.17, 15) is 24.8 Å². The molecule has 2 amide bonds. The van der Waals surface area contributed by atoms with Crippen LogP contribution in [0.25, 0.3) is 10.9 Å². The van der Waals surface area contributed by atoms with Gasteiger partial charge in [0.25, 0.3) is 11.6 Å². The van der Waals surface area contributed by atoms with Crippen molar-refractivity contribution >= 4 is 34.2 Å². The fraction of sp³-hybridized carbons (Fsp3) is 0.0588. The molecule has 0 fully saturated rings. The fourth-order valence-corrected chi connectivity index (χ4v) is 2.69. The first kappa shape index (κ1) is 17.7. The number of methoxy groups -OCH3 is 1. The number of benzene rings is 2. The van der Waals surface area contributed by atoms with E-state index in [-0.39, 0.29) is 22.2 Å². The van der Waals surface area contributed by atoms with E-state index in [1.807, 2.05) is 0 Å². The zero-order valence-electron chi connectivity index (χ0n) is 14.0. The number of nitro benzene ring substituents is 1. The number of hydrogen-bond donors (Lipinski definition) is 3. The molecule has 10 nitrogen and oxygen atoms in total. The highest BCUT2D eigenvalue weighted by Crippen LogP contribution is 2.34. The summed E-state index contributed by atoms with van der Waals surface area (Å²) in [6.07, 6.45) is 0. The molecule has 1 aromatic heterocycles. The molecule has 0 aliphatic carbocycles. The lowest BCUT2D eigenvalue weighted by atomic mass is 10.1. The Morgan fingerprint density at radius 1 is 1.22 bits per heavy atom. The summed E-state index contributed by atoms with van der Waals surface area (Å²) < 4.78 is 5.68. The minimum absolute atomic E-state index is 0.0471. The van der Waals surface area contributed by atoms with Crippen LogP contribution >= 0.6 is 0 Å². The van der Waals surface area contributed by atoms with E-state index >= 15 is 0 Å². The molecule has 0 bridgehead atoms. The summed E-state index contributed by atoms with van der Waals surface area (Å²) in [6.45, 7) is 0. The lowest BCUT2D eigenvalue weighted by molar-refractivity contribution is -0.384. The Balaban J connectivity index is 2.09. The van der Waals surface area contributed by atoms with Crippen molar-refractivity contribution in [3.63, 3.8) is 0 Å². The second-order valence-electron chi connectivity index (χ2n) is 5.51. The van der Waals surface area contributed by atoms with Gasteiger partial charge in [0, 0.05) is 23.2 Å². The number of nitrogens with one attached hydrogen (secondary N) is 1. The molecule has 2 aromatic carbocycles. The number of hydrogen-bond acceptors (Lipinski definition) is 6. The molecule has 0 aliphatic heterocycles. The summed E-state index contributed by atoms with van der Waals surface area (Å²) in [5, 5.41) is 24.0. The van der Waals surface area contributed by atoms with Crippen molar-refractivity contribution in [3.05, 3.63) is 58.1 Å². The molecule has 0 saturated heterocycles. The van der Waals surface area contributed by atoms with Crippen molar-refractivity contribution in [1.29, 1.82) is 0 Å². The third-order valence-electron chi connectivity index (χ3n) is 3.93. The lowest BCUT2D eigenvalue weighted by Gasteiger charge is -2.06. The Morgan fingerprint density at radius 2 is 1.89 bits per heavy atom. The van der Waals surface area contributed by atoms with Gasteiger partial charge in [0.2, 0.25) is 5.88 Å². The van der Waals surface area contributed by atoms with E-state index in [2.05, 4.69) is 5.32 Å². The first-order valence-corrected chi connectivity index (χ1v) is 7.60. The molecule has 0 unspecified atom stereocenters. The molecule has 0 radical (unpaired) electrons. The third-order valence-corrected chi connectivity index (χ3v) is 3.93. The summed E-state index contributed by atoms with van der Waals surface area (Å²) in [4.78, 5) is 34.7. The van der Waals surface area contributed by atoms with Crippen LogP contribution in [0.5, 0.6) is 11.6 Å². The van der Waals surface area contributed by atoms with E-state index in [0.29, 0.717) is 16.0 Å². The van der Waals surface area contributed by atoms with Crippen molar-refractivity contribution in [2.24, 2.45) is 5.73 Å². The van der Waals surface area contributed by atoms with Crippen LogP contribution < -0.4 is 15.8 Å². The molecule has 27 heavy (non-hydrogen) atoms. The molecule has 4 N–H and O–H groups in total. The molecule has 3 rings (SSSR count). The maximum absolute atomic E-state index is 12.7. The second-order valence-corrected chi connectivity index (χ2v) is 5.51. The molecule has 0 atom stereocenters. The van der Waals surface area contributed by atoms with Gasteiger partial charge in [0.05, 0.1) is 17.5 Å². The minimum Gasteiger partial charge on any atom is -0.497 e. The average molecular weight is 370 g/mol. The second kappa shape index (κ2) is 6.67. The Labute approximate surface area is 151 Å². The zero-order valence-corrected chi connectivity index (χ0v) is 14.0. The lowest BCUT2D eigenvalue weighted by Crippen LogP contribution is -2.19. The van der Waals surface area contributed by atoms with E-state index in [1.54, 1.807) is 24.3 Å². The SMILES string of the molecule is COc1ccc(NC(=O)c2c(O)n(C(N)=O)c3cc([N+](=O)[O-])ccc23)cc1. The molecule has 138 valence electrons. The van der Waals surface area contributed by atoms with Crippen LogP contribution in [0.2, 0.25) is 0 Å². The number of aromatic hydroxyl groups is 1. The minimum atomic E-state index is -1.08. The largest absolute Gasteiger partial charge is 0.497 e. The zero-order chi connectivity index (χ0) is 19.7. The van der Waals surface area contributed by atoms with Gasteiger partial charge in [-0.05, 0) is 30.3 Å². The van der Waals surface area contributed by atoms with Crippen LogP contribution in [0.4, 0.5) is 16.2 Å². The Kier molecular flexibility index (Phi) is 4.38. The Morgan fingerprint density at radius 3 is 2.44 bits per heavy atom. The number of fused-ring (bicyclic) bond motifs is 1. The highest BCUT2D eigenvalue weighted by molar-refractivity contribution is 6.17. The number of ether oxygens (including phenoxy) is 1. The van der Waals surface area contributed by atoms with E-state index in [4.69, 9.17) is 10.5 Å². The Bertz CT molecular complexity index is 1070. The molecule has 1 heterocycles. The fourth-order valence-electron chi connectivity index (χ4n) is 2.69. The number of nitro groups is 1. The van der Waals surface area contributed by atoms with Crippen LogP contribution in [-0.2, 0) is 0 Å². The van der Waals surface area contributed by atoms with Gasteiger partial charge < -0.3 is 20.9 Å². The van der Waals surface area contributed by atoms with Crippen LogP contribution in [0, 0.1) is 10.1 Å². The maximum Gasteiger partial charge on any atom is 0.326 e. The van der Waals surface area contributed by atoms with Gasteiger partial charge in [-0.1, -0.05) is 0 Å². The van der Waals surface area contributed by atoms with Gasteiger partial charge in [0.15, 0.2) is 0 Å². The van der Waals surface area contributed by atoms with Crippen molar-refractivity contribution in [2.45, 2.75) is 0 Å². The van der Waals surface area contributed by atoms with Gasteiger partial charge >= 0.3 is 6.03 Å². The van der Waals surface area contributed by atoms with E-state index < -0.39 is 22.7 Å². The van der Waals surface area contributed by atoms with Crippen LogP contribution in [0.3, 0.4) is 0 Å². The highest BCUT2D eigenvalue weighted by Gasteiger charge is 2.26. The van der Waals surface area contributed by atoms with Gasteiger partial charge in [-0.2, -0.15) is 0 Å². The predicted octanol–water partition coefficient (Wildman–Crippen LogP) is 2.44. The number of rotatable bonds is 4. The number of carbonyl (C=O) groups is 2. The number of carbonyl (C=O) groups excluding carboxylic acids is 2. The number of nitrogens with zero attached hydrogens (tertiary/aromatic N) is 2. The van der Waals surface area contributed by atoms with Crippen LogP contribution in [-0.4, -0.2) is 33.6 Å². The van der Waals surface area contributed by atoms with Gasteiger partial charge in [-0.25, -0.2) is 9.36 Å². The molecule has 0 spiro atoms. The molecular formula is C17H14N4O6. The summed E-state index contributed by atoms with van der Waals surface area (Å²) in [7, 11) is 1.50. The normalized spacial score (nSPS) is 10.6. The number of amides is 2. The average Bonchev–Trinajstić information content (AvgIpc) is 2.93. The first-order chi connectivity index (χ1) is 12.8. The molecule has 0 saturated carbocycles. The van der Waals surface area contributed by atoms with Gasteiger partial charge in [-0.15, -0.1) is 0 Å². The number of non-ortho nitro benzene ring substituents is 1. The van der Waals surface area contributed by atoms with E-state index in [0.717, 1.165) is 12.1 Å². The summed E-state index contributed by atoms with van der Waals surface area (Å²) in [6, 6.07) is 8.85. The van der Waals surface area contributed by atoms with Crippen molar-refractivity contribution in [3.8, 4) is 11.6 Å². The topological polar surface area (TPSA) is 150 Å².